The lowest BCUT2D eigenvalue weighted by Gasteiger charge is -2.09. The predicted molar refractivity (Wildman–Crippen MR) is 103 cm³/mol. The summed E-state index contributed by atoms with van der Waals surface area (Å²) >= 11 is 6.73. The van der Waals surface area contributed by atoms with Gasteiger partial charge in [0.15, 0.2) is 6.61 Å². The van der Waals surface area contributed by atoms with Crippen molar-refractivity contribution in [2.24, 2.45) is 0 Å². The van der Waals surface area contributed by atoms with E-state index in [4.69, 9.17) is 9.47 Å². The van der Waals surface area contributed by atoms with Gasteiger partial charge >= 0.3 is 5.97 Å². The van der Waals surface area contributed by atoms with Gasteiger partial charge in [-0.15, -0.1) is 0 Å². The van der Waals surface area contributed by atoms with Crippen LogP contribution in [0.15, 0.2) is 51.4 Å². The highest BCUT2D eigenvalue weighted by Crippen LogP contribution is 2.28. The maximum Gasteiger partial charge on any atom is 0.338 e. The molecule has 132 valence electrons. The summed E-state index contributed by atoms with van der Waals surface area (Å²) in [6.45, 7) is 2.20. The summed E-state index contributed by atoms with van der Waals surface area (Å²) in [7, 11) is 0. The average molecular weight is 471 g/mol. The van der Waals surface area contributed by atoms with Crippen LogP contribution >= 0.6 is 31.9 Å². The lowest BCUT2D eigenvalue weighted by atomic mass is 10.2. The van der Waals surface area contributed by atoms with Gasteiger partial charge < -0.3 is 14.8 Å². The zero-order valence-electron chi connectivity index (χ0n) is 13.6. The zero-order valence-corrected chi connectivity index (χ0v) is 16.7. The number of halogens is 2. The van der Waals surface area contributed by atoms with Gasteiger partial charge in [-0.3, -0.25) is 4.79 Å². The standard InChI is InChI=1S/C18H17Br2NO4/c1-2-9-24-18(23)12-3-6-14(7-4-12)21-17(22)11-25-16-8-5-13(19)10-15(16)20/h3-8,10H,2,9,11H2,1H3,(H,21,22). The second kappa shape index (κ2) is 9.58. The van der Waals surface area contributed by atoms with Crippen LogP contribution in [0.1, 0.15) is 23.7 Å². The fourth-order valence-corrected chi connectivity index (χ4v) is 3.06. The Hall–Kier alpha value is -1.86. The molecular formula is C18H17Br2NO4. The fraction of sp³-hybridized carbons (Fsp3) is 0.222. The highest BCUT2D eigenvalue weighted by Gasteiger charge is 2.09. The van der Waals surface area contributed by atoms with Crippen LogP contribution < -0.4 is 10.1 Å². The van der Waals surface area contributed by atoms with Crippen LogP contribution in [0, 0.1) is 0 Å². The van der Waals surface area contributed by atoms with E-state index in [-0.39, 0.29) is 18.5 Å². The van der Waals surface area contributed by atoms with Crippen LogP contribution in [0.25, 0.3) is 0 Å². The Balaban J connectivity index is 1.87. The largest absolute Gasteiger partial charge is 0.483 e. The number of hydrogen-bond acceptors (Lipinski definition) is 4. The summed E-state index contributed by atoms with van der Waals surface area (Å²) in [5, 5.41) is 2.71. The van der Waals surface area contributed by atoms with Gasteiger partial charge in [0.2, 0.25) is 0 Å². The molecule has 0 fully saturated rings. The van der Waals surface area contributed by atoms with E-state index in [1.165, 1.54) is 0 Å². The van der Waals surface area contributed by atoms with Gasteiger partial charge in [0.05, 0.1) is 16.6 Å². The number of amides is 1. The van der Waals surface area contributed by atoms with Crippen LogP contribution in [-0.4, -0.2) is 25.1 Å². The van der Waals surface area contributed by atoms with Crippen molar-refractivity contribution in [1.29, 1.82) is 0 Å². The van der Waals surface area contributed by atoms with E-state index in [1.54, 1.807) is 30.3 Å². The topological polar surface area (TPSA) is 64.6 Å². The summed E-state index contributed by atoms with van der Waals surface area (Å²) in [6.07, 6.45) is 0.772. The SMILES string of the molecule is CCCOC(=O)c1ccc(NC(=O)COc2ccc(Br)cc2Br)cc1. The number of carbonyl (C=O) groups is 2. The number of anilines is 1. The van der Waals surface area contributed by atoms with Crippen molar-refractivity contribution in [3.05, 3.63) is 57.0 Å². The fourth-order valence-electron chi connectivity index (χ4n) is 1.90. The Bertz CT molecular complexity index is 747. The molecule has 2 aromatic carbocycles. The molecule has 0 aromatic heterocycles. The van der Waals surface area contributed by atoms with Crippen LogP contribution in [0.2, 0.25) is 0 Å². The van der Waals surface area contributed by atoms with Crippen molar-refractivity contribution >= 4 is 49.4 Å². The van der Waals surface area contributed by atoms with Gasteiger partial charge in [-0.05, 0) is 64.8 Å². The van der Waals surface area contributed by atoms with Gasteiger partial charge in [-0.2, -0.15) is 0 Å². The summed E-state index contributed by atoms with van der Waals surface area (Å²) in [6, 6.07) is 11.9. The molecular weight excluding hydrogens is 454 g/mol. The van der Waals surface area contributed by atoms with Gasteiger partial charge in [0.1, 0.15) is 5.75 Å². The van der Waals surface area contributed by atoms with Crippen molar-refractivity contribution in [2.75, 3.05) is 18.5 Å². The molecule has 25 heavy (non-hydrogen) atoms. The van der Waals surface area contributed by atoms with Gasteiger partial charge in [-0.25, -0.2) is 4.79 Å². The Morgan fingerprint density at radius 3 is 2.44 bits per heavy atom. The third-order valence-electron chi connectivity index (χ3n) is 3.09. The molecule has 0 heterocycles. The molecule has 0 atom stereocenters. The van der Waals surface area contributed by atoms with Crippen LogP contribution in [0.4, 0.5) is 5.69 Å². The number of carbonyl (C=O) groups excluding carboxylic acids is 2. The molecule has 0 spiro atoms. The van der Waals surface area contributed by atoms with E-state index in [0.29, 0.717) is 23.6 Å². The van der Waals surface area contributed by atoms with Crippen molar-refractivity contribution in [2.45, 2.75) is 13.3 Å². The molecule has 0 aliphatic heterocycles. The Morgan fingerprint density at radius 2 is 1.80 bits per heavy atom. The van der Waals surface area contributed by atoms with Gasteiger partial charge in [-0.1, -0.05) is 22.9 Å². The third kappa shape index (κ3) is 6.17. The monoisotopic (exact) mass is 469 g/mol. The summed E-state index contributed by atoms with van der Waals surface area (Å²) in [5.74, 6) is -0.0911. The number of esters is 1. The lowest BCUT2D eigenvalue weighted by molar-refractivity contribution is -0.118. The van der Waals surface area contributed by atoms with E-state index >= 15 is 0 Å². The molecule has 0 aliphatic carbocycles. The summed E-state index contributed by atoms with van der Waals surface area (Å²) in [5.41, 5.74) is 1.03. The van der Waals surface area contributed by atoms with Crippen LogP contribution in [-0.2, 0) is 9.53 Å². The van der Waals surface area contributed by atoms with E-state index in [9.17, 15) is 9.59 Å². The first kappa shape index (κ1) is 19.5. The maximum atomic E-state index is 12.0. The molecule has 7 heteroatoms. The number of hydrogen-bond donors (Lipinski definition) is 1. The minimum Gasteiger partial charge on any atom is -0.483 e. The van der Waals surface area contributed by atoms with Crippen molar-refractivity contribution in [1.82, 2.24) is 0 Å². The smallest absolute Gasteiger partial charge is 0.338 e. The molecule has 2 aromatic rings. The molecule has 2 rings (SSSR count). The molecule has 0 unspecified atom stereocenters. The van der Waals surface area contributed by atoms with Crippen molar-refractivity contribution in [3.8, 4) is 5.75 Å². The Kier molecular flexibility index (Phi) is 7.46. The second-order valence-corrected chi connectivity index (χ2v) is 6.89. The summed E-state index contributed by atoms with van der Waals surface area (Å²) in [4.78, 5) is 23.7. The molecule has 0 bridgehead atoms. The first-order chi connectivity index (χ1) is 12.0. The molecule has 0 saturated heterocycles. The lowest BCUT2D eigenvalue weighted by Crippen LogP contribution is -2.20. The molecule has 0 radical (unpaired) electrons. The van der Waals surface area contributed by atoms with Crippen molar-refractivity contribution in [3.63, 3.8) is 0 Å². The summed E-state index contributed by atoms with van der Waals surface area (Å²) < 4.78 is 12.2. The van der Waals surface area contributed by atoms with Crippen LogP contribution in [0.5, 0.6) is 5.75 Å². The minimum atomic E-state index is -0.372. The van der Waals surface area contributed by atoms with E-state index in [1.807, 2.05) is 19.1 Å². The quantitative estimate of drug-likeness (QED) is 0.590. The molecule has 0 saturated carbocycles. The Labute approximate surface area is 163 Å². The van der Waals surface area contributed by atoms with E-state index < -0.39 is 0 Å². The number of rotatable bonds is 7. The van der Waals surface area contributed by atoms with Crippen LogP contribution in [0.3, 0.4) is 0 Å². The molecule has 5 nitrogen and oxygen atoms in total. The number of benzene rings is 2. The van der Waals surface area contributed by atoms with E-state index in [0.717, 1.165) is 15.4 Å². The first-order valence-corrected chi connectivity index (χ1v) is 9.23. The number of nitrogens with one attached hydrogen (secondary N) is 1. The second-order valence-electron chi connectivity index (χ2n) is 5.12. The maximum absolute atomic E-state index is 12.0. The Morgan fingerprint density at radius 1 is 1.08 bits per heavy atom. The zero-order chi connectivity index (χ0) is 18.2. The number of ether oxygens (including phenoxy) is 2. The van der Waals surface area contributed by atoms with Gasteiger partial charge in [0.25, 0.3) is 5.91 Å². The molecule has 1 N–H and O–H groups in total. The van der Waals surface area contributed by atoms with E-state index in [2.05, 4.69) is 37.2 Å². The molecule has 1 amide bonds. The van der Waals surface area contributed by atoms with Crippen molar-refractivity contribution < 1.29 is 19.1 Å². The molecule has 0 aliphatic rings. The average Bonchev–Trinajstić information content (AvgIpc) is 2.59. The normalized spacial score (nSPS) is 10.2. The first-order valence-electron chi connectivity index (χ1n) is 7.64. The van der Waals surface area contributed by atoms with Gasteiger partial charge in [0, 0.05) is 10.2 Å². The highest BCUT2D eigenvalue weighted by atomic mass is 79.9. The minimum absolute atomic E-state index is 0.124. The predicted octanol–water partition coefficient (Wildman–Crippen LogP) is 4.80. The third-order valence-corrected chi connectivity index (χ3v) is 4.21. The highest BCUT2D eigenvalue weighted by molar-refractivity contribution is 9.11.